The normalized spacial score (nSPS) is 11.0. The fraction of sp³-hybridized carbons (Fsp3) is 0.250. The lowest BCUT2D eigenvalue weighted by Crippen LogP contribution is -2.27. The van der Waals surface area contributed by atoms with Crippen LogP contribution in [0.4, 0.5) is 0 Å². The fourth-order valence-electron chi connectivity index (χ4n) is 3.48. The number of nitrogens with zero attached hydrogens (tertiary/aromatic N) is 5. The van der Waals surface area contributed by atoms with Crippen molar-refractivity contribution in [2.75, 3.05) is 19.9 Å². The Morgan fingerprint density at radius 3 is 2.69 bits per heavy atom. The maximum Gasteiger partial charge on any atom is 0.233 e. The average Bonchev–Trinajstić information content (AvgIpc) is 3.27. The molecule has 0 spiro atoms. The van der Waals surface area contributed by atoms with Crippen LogP contribution in [0.2, 0.25) is 0 Å². The lowest BCUT2D eigenvalue weighted by atomic mass is 10.1. The molecule has 4 rings (SSSR count). The van der Waals surface area contributed by atoms with Crippen LogP contribution in [-0.2, 0) is 11.3 Å². The minimum atomic E-state index is 0.0142. The molecular weight excluding hydrogens is 422 g/mol. The molecule has 0 aliphatic rings. The molecule has 3 aromatic carbocycles. The molecule has 0 atom stereocenters. The van der Waals surface area contributed by atoms with E-state index in [0.717, 1.165) is 33.3 Å². The third-order valence-electron chi connectivity index (χ3n) is 5.53. The van der Waals surface area contributed by atoms with Gasteiger partial charge in [0.25, 0.3) is 0 Å². The van der Waals surface area contributed by atoms with Gasteiger partial charge in [-0.3, -0.25) is 4.79 Å². The van der Waals surface area contributed by atoms with Crippen LogP contribution in [0.25, 0.3) is 16.5 Å². The highest BCUT2D eigenvalue weighted by Gasteiger charge is 2.16. The van der Waals surface area contributed by atoms with E-state index in [4.69, 9.17) is 4.74 Å². The van der Waals surface area contributed by atoms with Crippen molar-refractivity contribution in [2.45, 2.75) is 25.5 Å². The number of hydrogen-bond acceptors (Lipinski definition) is 6. The predicted octanol–water partition coefficient (Wildman–Crippen LogP) is 4.19. The van der Waals surface area contributed by atoms with E-state index in [1.54, 1.807) is 16.7 Å². The first-order chi connectivity index (χ1) is 15.5. The molecule has 0 N–H and O–H groups in total. The quantitative estimate of drug-likeness (QED) is 0.396. The zero-order valence-electron chi connectivity index (χ0n) is 18.6. The van der Waals surface area contributed by atoms with Crippen LogP contribution in [0.5, 0.6) is 5.75 Å². The summed E-state index contributed by atoms with van der Waals surface area (Å²) in [5, 5.41) is 14.9. The molecule has 0 aliphatic heterocycles. The Balaban J connectivity index is 1.41. The van der Waals surface area contributed by atoms with E-state index < -0.39 is 0 Å². The van der Waals surface area contributed by atoms with E-state index >= 15 is 0 Å². The van der Waals surface area contributed by atoms with Crippen LogP contribution in [0, 0.1) is 13.8 Å². The third-order valence-corrected chi connectivity index (χ3v) is 6.43. The Bertz CT molecular complexity index is 1270. The van der Waals surface area contributed by atoms with Gasteiger partial charge in [0.1, 0.15) is 5.75 Å². The molecule has 0 saturated carbocycles. The van der Waals surface area contributed by atoms with Gasteiger partial charge in [-0.25, -0.2) is 0 Å². The standard InChI is InChI=1S/C24H25N5O2S/c1-16-6-5-7-22(17(16)2)29-24(25-26-27-29)32-15-23(30)28(3)14-18-8-9-20-13-21(31-4)11-10-19(20)12-18/h5-13H,14-15H2,1-4H3. The van der Waals surface area contributed by atoms with Crippen LogP contribution < -0.4 is 4.74 Å². The number of benzene rings is 3. The van der Waals surface area contributed by atoms with Gasteiger partial charge in [0.15, 0.2) is 0 Å². The van der Waals surface area contributed by atoms with E-state index in [2.05, 4.69) is 40.6 Å². The Kier molecular flexibility index (Phi) is 6.41. The van der Waals surface area contributed by atoms with Crippen molar-refractivity contribution in [1.29, 1.82) is 0 Å². The van der Waals surface area contributed by atoms with Gasteiger partial charge in [0.2, 0.25) is 11.1 Å². The zero-order chi connectivity index (χ0) is 22.7. The Labute approximate surface area is 191 Å². The highest BCUT2D eigenvalue weighted by atomic mass is 32.2. The maximum atomic E-state index is 12.8. The number of ether oxygens (including phenoxy) is 1. The summed E-state index contributed by atoms with van der Waals surface area (Å²) in [6.45, 7) is 4.63. The maximum absolute atomic E-state index is 12.8. The first kappa shape index (κ1) is 21.8. The summed E-state index contributed by atoms with van der Waals surface area (Å²) in [6.07, 6.45) is 0. The number of carbonyl (C=O) groups is 1. The van der Waals surface area contributed by atoms with Gasteiger partial charge in [-0.1, -0.05) is 42.1 Å². The number of methoxy groups -OCH3 is 1. The van der Waals surface area contributed by atoms with Gasteiger partial charge in [0, 0.05) is 13.6 Å². The van der Waals surface area contributed by atoms with Crippen LogP contribution in [0.15, 0.2) is 59.8 Å². The SMILES string of the molecule is COc1ccc2cc(CN(C)C(=O)CSc3nnnn3-c3cccc(C)c3C)ccc2c1. The molecule has 32 heavy (non-hydrogen) atoms. The lowest BCUT2D eigenvalue weighted by Gasteiger charge is -2.17. The fourth-order valence-corrected chi connectivity index (χ4v) is 4.31. The summed E-state index contributed by atoms with van der Waals surface area (Å²) >= 11 is 1.34. The molecule has 0 fully saturated rings. The number of fused-ring (bicyclic) bond motifs is 1. The minimum absolute atomic E-state index is 0.0142. The van der Waals surface area contributed by atoms with Crippen molar-refractivity contribution in [3.05, 3.63) is 71.3 Å². The summed E-state index contributed by atoms with van der Waals surface area (Å²) in [6, 6.07) is 18.2. The zero-order valence-corrected chi connectivity index (χ0v) is 19.4. The minimum Gasteiger partial charge on any atom is -0.497 e. The number of aryl methyl sites for hydroxylation is 1. The van der Waals surface area contributed by atoms with Crippen molar-refractivity contribution in [2.24, 2.45) is 0 Å². The van der Waals surface area contributed by atoms with Crippen LogP contribution >= 0.6 is 11.8 Å². The molecular formula is C24H25N5O2S. The number of tetrazole rings is 1. The van der Waals surface area contributed by atoms with E-state index in [1.807, 2.05) is 50.4 Å². The molecule has 0 unspecified atom stereocenters. The van der Waals surface area contributed by atoms with E-state index in [1.165, 1.54) is 17.3 Å². The summed E-state index contributed by atoms with van der Waals surface area (Å²) in [5.74, 6) is 1.10. The van der Waals surface area contributed by atoms with Crippen molar-refractivity contribution in [3.8, 4) is 11.4 Å². The summed E-state index contributed by atoms with van der Waals surface area (Å²) in [5.41, 5.74) is 4.27. The Morgan fingerprint density at radius 1 is 1.09 bits per heavy atom. The largest absolute Gasteiger partial charge is 0.497 e. The van der Waals surface area contributed by atoms with Gasteiger partial charge in [-0.15, -0.1) is 5.10 Å². The van der Waals surface area contributed by atoms with Gasteiger partial charge in [0.05, 0.1) is 18.6 Å². The second-order valence-electron chi connectivity index (χ2n) is 7.68. The van der Waals surface area contributed by atoms with Crippen molar-refractivity contribution in [3.63, 3.8) is 0 Å². The monoisotopic (exact) mass is 447 g/mol. The van der Waals surface area contributed by atoms with Crippen LogP contribution in [-0.4, -0.2) is 50.9 Å². The predicted molar refractivity (Wildman–Crippen MR) is 126 cm³/mol. The van der Waals surface area contributed by atoms with Gasteiger partial charge >= 0.3 is 0 Å². The number of amides is 1. The molecule has 1 aromatic heterocycles. The van der Waals surface area contributed by atoms with Crippen LogP contribution in [0.1, 0.15) is 16.7 Å². The highest BCUT2D eigenvalue weighted by molar-refractivity contribution is 7.99. The number of aromatic nitrogens is 4. The highest BCUT2D eigenvalue weighted by Crippen LogP contribution is 2.24. The Hall–Kier alpha value is -3.39. The molecule has 0 aliphatic carbocycles. The number of thioether (sulfide) groups is 1. The van der Waals surface area contributed by atoms with Crippen molar-refractivity contribution < 1.29 is 9.53 Å². The van der Waals surface area contributed by atoms with Gasteiger partial charge < -0.3 is 9.64 Å². The molecule has 164 valence electrons. The molecule has 7 nitrogen and oxygen atoms in total. The van der Waals surface area contributed by atoms with Gasteiger partial charge in [-0.05, 0) is 76.0 Å². The molecule has 0 bridgehead atoms. The number of hydrogen-bond donors (Lipinski definition) is 0. The summed E-state index contributed by atoms with van der Waals surface area (Å²) in [7, 11) is 3.48. The first-order valence-electron chi connectivity index (χ1n) is 10.2. The molecule has 0 radical (unpaired) electrons. The van der Waals surface area contributed by atoms with E-state index in [0.29, 0.717) is 11.7 Å². The average molecular weight is 448 g/mol. The first-order valence-corrected chi connectivity index (χ1v) is 11.2. The molecule has 4 aromatic rings. The van der Waals surface area contributed by atoms with Gasteiger partial charge in [-0.2, -0.15) is 4.68 Å². The second-order valence-corrected chi connectivity index (χ2v) is 8.62. The summed E-state index contributed by atoms with van der Waals surface area (Å²) < 4.78 is 6.98. The Morgan fingerprint density at radius 2 is 1.88 bits per heavy atom. The third kappa shape index (κ3) is 4.60. The molecule has 1 amide bonds. The summed E-state index contributed by atoms with van der Waals surface area (Å²) in [4.78, 5) is 14.5. The smallest absolute Gasteiger partial charge is 0.233 e. The number of carbonyl (C=O) groups excluding carboxylic acids is 1. The van der Waals surface area contributed by atoms with E-state index in [-0.39, 0.29) is 11.7 Å². The van der Waals surface area contributed by atoms with Crippen molar-refractivity contribution in [1.82, 2.24) is 25.1 Å². The van der Waals surface area contributed by atoms with Crippen LogP contribution in [0.3, 0.4) is 0 Å². The topological polar surface area (TPSA) is 73.1 Å². The van der Waals surface area contributed by atoms with E-state index in [9.17, 15) is 4.79 Å². The number of rotatable bonds is 7. The lowest BCUT2D eigenvalue weighted by molar-refractivity contribution is -0.127. The molecule has 0 saturated heterocycles. The van der Waals surface area contributed by atoms with Crippen molar-refractivity contribution >= 4 is 28.4 Å². The molecule has 8 heteroatoms. The molecule has 1 heterocycles. The second kappa shape index (κ2) is 9.40.